The first-order chi connectivity index (χ1) is 19.7. The molecule has 2 amide bonds. The number of amidine groups is 1. The molecule has 0 bridgehead atoms. The summed E-state index contributed by atoms with van der Waals surface area (Å²) in [7, 11) is 4.37. The molecule has 3 aromatic rings. The van der Waals surface area contributed by atoms with Gasteiger partial charge in [-0.3, -0.25) is 25.1 Å². The molecule has 0 unspecified atom stereocenters. The van der Waals surface area contributed by atoms with Crippen LogP contribution in [0.5, 0.6) is 0 Å². The van der Waals surface area contributed by atoms with Gasteiger partial charge in [0, 0.05) is 31.3 Å². The molecule has 1 fully saturated rings. The minimum Gasteiger partial charge on any atom is -0.461 e. The lowest BCUT2D eigenvalue weighted by Crippen LogP contribution is -2.43. The van der Waals surface area contributed by atoms with Crippen LogP contribution in [0.3, 0.4) is 0 Å². The average Bonchev–Trinajstić information content (AvgIpc) is 3.01. The third-order valence-electron chi connectivity index (χ3n) is 7.30. The molecular formula is C30H33N5O6. The SMILES string of the molecule is COC(=O)NC(=N)c1ccc(-c2cc(C(=O)N(C)[C@H]3CC[C@H](C(=O)OCc4ccccc4)CC3)c(=O)n(C)n2)cc1. The topological polar surface area (TPSA) is 144 Å². The van der Waals surface area contributed by atoms with E-state index in [1.54, 1.807) is 36.2 Å². The van der Waals surface area contributed by atoms with Crippen LogP contribution in [-0.4, -0.2) is 58.7 Å². The van der Waals surface area contributed by atoms with E-state index < -0.39 is 17.6 Å². The zero-order valence-electron chi connectivity index (χ0n) is 23.3. The number of nitrogens with zero attached hydrogens (tertiary/aromatic N) is 3. The molecular weight excluding hydrogens is 526 g/mol. The van der Waals surface area contributed by atoms with Gasteiger partial charge in [0.1, 0.15) is 18.0 Å². The van der Waals surface area contributed by atoms with Crippen molar-refractivity contribution in [1.29, 1.82) is 5.41 Å². The second-order valence-corrected chi connectivity index (χ2v) is 9.96. The van der Waals surface area contributed by atoms with Gasteiger partial charge in [-0.05, 0) is 37.3 Å². The van der Waals surface area contributed by atoms with Gasteiger partial charge in [-0.2, -0.15) is 5.10 Å². The van der Waals surface area contributed by atoms with Crippen molar-refractivity contribution in [2.75, 3.05) is 14.2 Å². The second-order valence-electron chi connectivity index (χ2n) is 9.96. The molecule has 4 rings (SSSR count). The molecule has 0 radical (unpaired) electrons. The first-order valence-corrected chi connectivity index (χ1v) is 13.3. The highest BCUT2D eigenvalue weighted by Gasteiger charge is 2.32. The standard InChI is InChI=1S/C30H33N5O6/c1-34(23-15-13-22(14-16-23)29(38)41-18-19-7-5-4-6-8-19)27(36)24-17-25(33-35(2)28(24)37)20-9-11-21(12-10-20)26(31)32-30(39)40-3/h4-12,17,22-23H,13-16,18H2,1-3H3,(H2,31,32,39)/t22-,23-. The molecule has 1 aliphatic rings. The number of amides is 2. The fourth-order valence-corrected chi connectivity index (χ4v) is 4.84. The van der Waals surface area contributed by atoms with Gasteiger partial charge < -0.3 is 14.4 Å². The zero-order chi connectivity index (χ0) is 29.5. The largest absolute Gasteiger partial charge is 0.461 e. The van der Waals surface area contributed by atoms with E-state index >= 15 is 0 Å². The molecule has 41 heavy (non-hydrogen) atoms. The highest BCUT2D eigenvalue weighted by molar-refractivity contribution is 6.04. The normalized spacial score (nSPS) is 16.4. The Morgan fingerprint density at radius 3 is 2.34 bits per heavy atom. The fraction of sp³-hybridized carbons (Fsp3) is 0.333. The number of aromatic nitrogens is 2. The van der Waals surface area contributed by atoms with Crippen LogP contribution in [0, 0.1) is 11.3 Å². The maximum Gasteiger partial charge on any atom is 0.412 e. The molecule has 0 aliphatic heterocycles. The average molecular weight is 560 g/mol. The molecule has 0 atom stereocenters. The number of methoxy groups -OCH3 is 1. The van der Waals surface area contributed by atoms with Crippen LogP contribution in [0.4, 0.5) is 4.79 Å². The number of hydrogen-bond donors (Lipinski definition) is 2. The van der Waals surface area contributed by atoms with Gasteiger partial charge in [0.05, 0.1) is 18.7 Å². The quantitative estimate of drug-likeness (QED) is 0.256. The van der Waals surface area contributed by atoms with Crippen LogP contribution >= 0.6 is 0 Å². The van der Waals surface area contributed by atoms with E-state index in [0.29, 0.717) is 42.5 Å². The van der Waals surface area contributed by atoms with E-state index in [1.807, 2.05) is 30.3 Å². The Morgan fingerprint density at radius 2 is 1.71 bits per heavy atom. The highest BCUT2D eigenvalue weighted by atomic mass is 16.5. The lowest BCUT2D eigenvalue weighted by Gasteiger charge is -2.34. The highest BCUT2D eigenvalue weighted by Crippen LogP contribution is 2.29. The second kappa shape index (κ2) is 13.0. The fourth-order valence-electron chi connectivity index (χ4n) is 4.84. The maximum absolute atomic E-state index is 13.5. The van der Waals surface area contributed by atoms with E-state index in [-0.39, 0.29) is 35.9 Å². The Kier molecular flexibility index (Phi) is 9.28. The van der Waals surface area contributed by atoms with Crippen LogP contribution in [-0.2, 0) is 27.9 Å². The van der Waals surface area contributed by atoms with Gasteiger partial charge in [-0.1, -0.05) is 54.6 Å². The number of alkyl carbamates (subject to hydrolysis) is 1. The molecule has 214 valence electrons. The summed E-state index contributed by atoms with van der Waals surface area (Å²) in [5, 5.41) is 14.6. The third-order valence-corrected chi connectivity index (χ3v) is 7.30. The van der Waals surface area contributed by atoms with Gasteiger partial charge in [-0.25, -0.2) is 9.48 Å². The molecule has 1 aromatic heterocycles. The molecule has 2 aromatic carbocycles. The van der Waals surface area contributed by atoms with Crippen LogP contribution in [0.25, 0.3) is 11.3 Å². The number of hydrogen-bond acceptors (Lipinski definition) is 8. The summed E-state index contributed by atoms with van der Waals surface area (Å²) in [6, 6.07) is 17.5. The minimum atomic E-state index is -0.748. The Balaban J connectivity index is 1.40. The van der Waals surface area contributed by atoms with Gasteiger partial charge in [0.2, 0.25) is 0 Å². The van der Waals surface area contributed by atoms with Crippen molar-refractivity contribution in [3.8, 4) is 11.3 Å². The summed E-state index contributed by atoms with van der Waals surface area (Å²) in [5.41, 5.74) is 1.90. The van der Waals surface area contributed by atoms with Crippen molar-refractivity contribution in [2.24, 2.45) is 13.0 Å². The predicted octanol–water partition coefficient (Wildman–Crippen LogP) is 3.50. The van der Waals surface area contributed by atoms with Crippen LogP contribution in [0.1, 0.15) is 47.2 Å². The van der Waals surface area contributed by atoms with Gasteiger partial charge in [0.15, 0.2) is 0 Å². The Bertz CT molecular complexity index is 1480. The molecule has 2 N–H and O–H groups in total. The van der Waals surface area contributed by atoms with Crippen LogP contribution in [0.15, 0.2) is 65.5 Å². The van der Waals surface area contributed by atoms with Crippen LogP contribution in [0.2, 0.25) is 0 Å². The lowest BCUT2D eigenvalue weighted by molar-refractivity contribution is -0.151. The van der Waals surface area contributed by atoms with E-state index in [4.69, 9.17) is 10.1 Å². The van der Waals surface area contributed by atoms with Crippen molar-refractivity contribution >= 4 is 23.8 Å². The number of esters is 1. The monoisotopic (exact) mass is 559 g/mol. The summed E-state index contributed by atoms with van der Waals surface area (Å²) in [6.45, 7) is 0.237. The van der Waals surface area contributed by atoms with Gasteiger partial charge >= 0.3 is 12.1 Å². The Morgan fingerprint density at radius 1 is 1.05 bits per heavy atom. The van der Waals surface area contributed by atoms with E-state index in [1.165, 1.54) is 20.2 Å². The first-order valence-electron chi connectivity index (χ1n) is 13.3. The number of carbonyl (C=O) groups excluding carboxylic acids is 3. The number of nitrogens with one attached hydrogen (secondary N) is 2. The van der Waals surface area contributed by atoms with E-state index in [2.05, 4.69) is 15.2 Å². The molecule has 0 saturated heterocycles. The summed E-state index contributed by atoms with van der Waals surface area (Å²) in [6.07, 6.45) is 1.70. The number of rotatable bonds is 7. The first kappa shape index (κ1) is 29.2. The minimum absolute atomic E-state index is 0.00595. The van der Waals surface area contributed by atoms with Gasteiger partial charge in [-0.15, -0.1) is 0 Å². The number of ether oxygens (including phenoxy) is 2. The van der Waals surface area contributed by atoms with Crippen molar-refractivity contribution in [2.45, 2.75) is 38.3 Å². The van der Waals surface area contributed by atoms with Crippen molar-refractivity contribution < 1.29 is 23.9 Å². The smallest absolute Gasteiger partial charge is 0.412 e. The maximum atomic E-state index is 13.5. The third kappa shape index (κ3) is 7.05. The van der Waals surface area contributed by atoms with Crippen molar-refractivity contribution in [1.82, 2.24) is 20.0 Å². The summed E-state index contributed by atoms with van der Waals surface area (Å²) in [5.74, 6) is -0.985. The number of aryl methyl sites for hydroxylation is 1. The van der Waals surface area contributed by atoms with Crippen molar-refractivity contribution in [3.05, 3.63) is 87.7 Å². The molecule has 1 saturated carbocycles. The summed E-state index contributed by atoms with van der Waals surface area (Å²) in [4.78, 5) is 51.9. The Hall–Kier alpha value is -4.80. The van der Waals surface area contributed by atoms with Crippen molar-refractivity contribution in [3.63, 3.8) is 0 Å². The molecule has 1 aliphatic carbocycles. The summed E-state index contributed by atoms with van der Waals surface area (Å²) < 4.78 is 11.1. The predicted molar refractivity (Wildman–Crippen MR) is 151 cm³/mol. The van der Waals surface area contributed by atoms with E-state index in [0.717, 1.165) is 10.2 Å². The summed E-state index contributed by atoms with van der Waals surface area (Å²) >= 11 is 0. The molecule has 0 spiro atoms. The van der Waals surface area contributed by atoms with E-state index in [9.17, 15) is 19.2 Å². The number of carbonyl (C=O) groups is 3. The lowest BCUT2D eigenvalue weighted by atomic mass is 9.85. The molecule has 1 heterocycles. The van der Waals surface area contributed by atoms with Crippen LogP contribution < -0.4 is 10.9 Å². The molecule has 11 nitrogen and oxygen atoms in total. The Labute approximate surface area is 237 Å². The zero-order valence-corrected chi connectivity index (χ0v) is 23.3. The van der Waals surface area contributed by atoms with Gasteiger partial charge in [0.25, 0.3) is 11.5 Å². The number of benzene rings is 2. The molecule has 11 heteroatoms.